The number of carbonyl (C=O) groups excluding carboxylic acids is 1. The number of likely N-dealkylation sites (N-methyl/N-ethyl adjacent to an activating group) is 1. The van der Waals surface area contributed by atoms with Gasteiger partial charge in [0.2, 0.25) is 0 Å². The van der Waals surface area contributed by atoms with Crippen molar-refractivity contribution >= 4 is 28.2 Å². The van der Waals surface area contributed by atoms with Crippen LogP contribution in [0.5, 0.6) is 0 Å². The largest absolute Gasteiger partial charge is 0.382 e. The van der Waals surface area contributed by atoms with E-state index in [0.717, 1.165) is 19.5 Å². The summed E-state index contributed by atoms with van der Waals surface area (Å²) in [6.07, 6.45) is 1.00. The van der Waals surface area contributed by atoms with Crippen molar-refractivity contribution in [1.82, 2.24) is 15.2 Å². The second kappa shape index (κ2) is 7.30. The van der Waals surface area contributed by atoms with Crippen molar-refractivity contribution in [2.45, 2.75) is 26.3 Å². The Balaban J connectivity index is 2.63. The number of nitrogen functional groups attached to an aromatic ring is 1. The predicted molar refractivity (Wildman–Crippen MR) is 80.8 cm³/mol. The maximum Gasteiger partial charge on any atom is 0.265 e. The third-order valence-electron chi connectivity index (χ3n) is 2.40. The number of amides is 1. The van der Waals surface area contributed by atoms with Gasteiger partial charge in [-0.2, -0.15) is 0 Å². The summed E-state index contributed by atoms with van der Waals surface area (Å²) in [5.74, 6) is 0.132. The summed E-state index contributed by atoms with van der Waals surface area (Å²) in [6.45, 7) is 5.64. The molecule has 108 valence electrons. The number of aromatic nitrogens is 1. The number of thiazole rings is 1. The maximum absolute atomic E-state index is 12.1. The molecule has 1 heterocycles. The zero-order valence-corrected chi connectivity index (χ0v) is 12.8. The molecule has 0 aliphatic heterocycles. The molecule has 1 amide bonds. The number of hydrogen-bond acceptors (Lipinski definition) is 6. The Kier molecular flexibility index (Phi) is 6.04. The van der Waals surface area contributed by atoms with Crippen LogP contribution in [0.3, 0.4) is 0 Å². The van der Waals surface area contributed by atoms with E-state index >= 15 is 0 Å². The maximum atomic E-state index is 12.1. The minimum atomic E-state index is -0.158. The van der Waals surface area contributed by atoms with Gasteiger partial charge in [-0.25, -0.2) is 4.98 Å². The second-order valence-corrected chi connectivity index (χ2v) is 5.80. The normalized spacial score (nSPS) is 12.5. The van der Waals surface area contributed by atoms with E-state index in [1.807, 2.05) is 25.9 Å². The molecule has 1 atom stereocenters. The molecule has 0 spiro atoms. The number of nitrogens with one attached hydrogen (secondary N) is 2. The van der Waals surface area contributed by atoms with Gasteiger partial charge in [0, 0.05) is 19.1 Å². The van der Waals surface area contributed by atoms with Gasteiger partial charge in [-0.15, -0.1) is 0 Å². The van der Waals surface area contributed by atoms with E-state index in [1.165, 1.54) is 11.3 Å². The Hall–Kier alpha value is -1.34. The van der Waals surface area contributed by atoms with Gasteiger partial charge in [-0.05, 0) is 27.4 Å². The fourth-order valence-electron chi connectivity index (χ4n) is 1.68. The average Bonchev–Trinajstić information content (AvgIpc) is 2.66. The van der Waals surface area contributed by atoms with Crippen LogP contribution in [-0.4, -0.2) is 49.0 Å². The third-order valence-corrected chi connectivity index (χ3v) is 3.43. The molecule has 0 bridgehead atoms. The molecule has 0 aliphatic carbocycles. The molecule has 0 fully saturated rings. The Labute approximate surface area is 118 Å². The van der Waals surface area contributed by atoms with Gasteiger partial charge in [0.25, 0.3) is 5.91 Å². The van der Waals surface area contributed by atoms with Crippen molar-refractivity contribution in [2.75, 3.05) is 38.2 Å². The van der Waals surface area contributed by atoms with Crippen LogP contribution in [0.25, 0.3) is 0 Å². The van der Waals surface area contributed by atoms with Crippen molar-refractivity contribution in [3.8, 4) is 0 Å². The van der Waals surface area contributed by atoms with E-state index in [1.54, 1.807) is 0 Å². The fraction of sp³-hybridized carbons (Fsp3) is 0.667. The van der Waals surface area contributed by atoms with Crippen LogP contribution in [0.2, 0.25) is 0 Å². The topological polar surface area (TPSA) is 83.3 Å². The Morgan fingerprint density at radius 3 is 2.79 bits per heavy atom. The molecule has 19 heavy (non-hydrogen) atoms. The van der Waals surface area contributed by atoms with Gasteiger partial charge in [-0.3, -0.25) is 4.79 Å². The van der Waals surface area contributed by atoms with Gasteiger partial charge in [0.1, 0.15) is 10.7 Å². The Morgan fingerprint density at radius 1 is 1.53 bits per heavy atom. The zero-order chi connectivity index (χ0) is 14.4. The highest BCUT2D eigenvalue weighted by atomic mass is 32.1. The molecular formula is C12H23N5OS. The van der Waals surface area contributed by atoms with Crippen molar-refractivity contribution in [2.24, 2.45) is 0 Å². The third kappa shape index (κ3) is 5.04. The van der Waals surface area contributed by atoms with E-state index in [-0.39, 0.29) is 17.8 Å². The van der Waals surface area contributed by atoms with Gasteiger partial charge >= 0.3 is 0 Å². The summed E-state index contributed by atoms with van der Waals surface area (Å²) in [6, 6.07) is 0.0658. The number of nitrogens with two attached hydrogens (primary N) is 1. The molecule has 0 radical (unpaired) electrons. The van der Waals surface area contributed by atoms with E-state index in [4.69, 9.17) is 5.73 Å². The molecule has 4 N–H and O–H groups in total. The summed E-state index contributed by atoms with van der Waals surface area (Å²) in [7, 11) is 3.94. The number of carbonyl (C=O) groups is 1. The van der Waals surface area contributed by atoms with Crippen molar-refractivity contribution < 1.29 is 4.79 Å². The first-order valence-corrected chi connectivity index (χ1v) is 7.21. The lowest BCUT2D eigenvalue weighted by atomic mass is 10.3. The number of anilines is 2. The smallest absolute Gasteiger partial charge is 0.265 e. The molecule has 0 aliphatic rings. The average molecular weight is 285 g/mol. The number of nitrogens with zero attached hydrogens (tertiary/aromatic N) is 2. The predicted octanol–water partition coefficient (Wildman–Crippen LogP) is 1.23. The second-order valence-electron chi connectivity index (χ2n) is 4.80. The molecule has 0 aromatic carbocycles. The minimum Gasteiger partial charge on any atom is -0.382 e. The van der Waals surface area contributed by atoms with E-state index in [0.29, 0.717) is 10.0 Å². The lowest BCUT2D eigenvalue weighted by molar-refractivity contribution is 0.0939. The highest BCUT2D eigenvalue weighted by molar-refractivity contribution is 7.18. The highest BCUT2D eigenvalue weighted by Gasteiger charge is 2.17. The van der Waals surface area contributed by atoms with Crippen LogP contribution in [0.4, 0.5) is 10.9 Å². The first kappa shape index (κ1) is 15.7. The van der Waals surface area contributed by atoms with Gasteiger partial charge in [0.05, 0.1) is 0 Å². The Morgan fingerprint density at radius 2 is 2.21 bits per heavy atom. The zero-order valence-electron chi connectivity index (χ0n) is 12.0. The molecule has 6 nitrogen and oxygen atoms in total. The molecule has 1 rings (SSSR count). The summed E-state index contributed by atoms with van der Waals surface area (Å²) >= 11 is 1.30. The standard InChI is InChI=1S/C12H23N5OS/c1-5-6-14-12-16-10(13)9(19-12)11(18)15-8(2)7-17(3)4/h8H,5-7,13H2,1-4H3,(H,14,16)(H,15,18). The van der Waals surface area contributed by atoms with Gasteiger partial charge < -0.3 is 21.3 Å². The van der Waals surface area contributed by atoms with E-state index in [9.17, 15) is 4.79 Å². The molecule has 0 saturated carbocycles. The molecule has 1 aromatic heterocycles. The number of rotatable bonds is 7. The van der Waals surface area contributed by atoms with Crippen molar-refractivity contribution in [1.29, 1.82) is 0 Å². The molecule has 0 saturated heterocycles. The van der Waals surface area contributed by atoms with Gasteiger partial charge in [-0.1, -0.05) is 18.3 Å². The summed E-state index contributed by atoms with van der Waals surface area (Å²) in [5.41, 5.74) is 5.78. The van der Waals surface area contributed by atoms with E-state index < -0.39 is 0 Å². The van der Waals surface area contributed by atoms with Crippen LogP contribution in [0.15, 0.2) is 0 Å². The molecular weight excluding hydrogens is 262 g/mol. The van der Waals surface area contributed by atoms with Gasteiger partial charge in [0.15, 0.2) is 5.13 Å². The van der Waals surface area contributed by atoms with E-state index in [2.05, 4.69) is 22.5 Å². The molecule has 1 aromatic rings. The lowest BCUT2D eigenvalue weighted by Gasteiger charge is -2.17. The first-order chi connectivity index (χ1) is 8.93. The van der Waals surface area contributed by atoms with Crippen LogP contribution >= 0.6 is 11.3 Å². The van der Waals surface area contributed by atoms with Crippen molar-refractivity contribution in [3.05, 3.63) is 4.88 Å². The van der Waals surface area contributed by atoms with Crippen LogP contribution in [0, 0.1) is 0 Å². The summed E-state index contributed by atoms with van der Waals surface area (Å²) in [4.78, 5) is 18.7. The number of hydrogen-bond donors (Lipinski definition) is 3. The summed E-state index contributed by atoms with van der Waals surface area (Å²) < 4.78 is 0. The minimum absolute atomic E-state index is 0.0658. The Bertz CT molecular complexity index is 418. The highest BCUT2D eigenvalue weighted by Crippen LogP contribution is 2.24. The van der Waals surface area contributed by atoms with Crippen LogP contribution in [-0.2, 0) is 0 Å². The fourth-order valence-corrected chi connectivity index (χ4v) is 2.50. The molecule has 1 unspecified atom stereocenters. The SMILES string of the molecule is CCCNc1nc(N)c(C(=O)NC(C)CN(C)C)s1. The van der Waals surface area contributed by atoms with Crippen LogP contribution in [0.1, 0.15) is 29.9 Å². The van der Waals surface area contributed by atoms with Crippen molar-refractivity contribution in [3.63, 3.8) is 0 Å². The molecule has 7 heteroatoms. The monoisotopic (exact) mass is 285 g/mol. The van der Waals surface area contributed by atoms with Crippen LogP contribution < -0.4 is 16.4 Å². The first-order valence-electron chi connectivity index (χ1n) is 6.39. The lowest BCUT2D eigenvalue weighted by Crippen LogP contribution is -2.39. The quantitative estimate of drug-likeness (QED) is 0.702. The summed E-state index contributed by atoms with van der Waals surface area (Å²) in [5, 5.41) is 6.75.